The summed E-state index contributed by atoms with van der Waals surface area (Å²) in [7, 11) is 0. The third-order valence-electron chi connectivity index (χ3n) is 19.9. The Morgan fingerprint density at radius 2 is 1.18 bits per heavy atom. The summed E-state index contributed by atoms with van der Waals surface area (Å²) < 4.78 is 62.0. The summed E-state index contributed by atoms with van der Waals surface area (Å²) in [5, 5.41) is 137. The van der Waals surface area contributed by atoms with E-state index in [2.05, 4.69) is 26.8 Å². The molecule has 31 atom stereocenters. The first-order valence-electron chi connectivity index (χ1n) is 26.9. The summed E-state index contributed by atoms with van der Waals surface area (Å²) in [6.45, 7) is 8.47. The minimum absolute atomic E-state index is 0.00479. The van der Waals surface area contributed by atoms with Crippen molar-refractivity contribution in [3.8, 4) is 0 Å². The molecule has 0 aromatic rings. The van der Waals surface area contributed by atoms with Crippen LogP contribution in [0.25, 0.3) is 0 Å². The molecule has 6 heterocycles. The standard InChI is InChI=1S/C51H82O23/c1-20-31-27(73-51(20)13-12-48(3,74-51)19-65-44-38(61)36(59)33(56)28(16-52)68-44)15-26-24-7-6-22-14-23(8-10-49(22,4)25(24)9-11-50(26,31)5)67-47-43(72-46-40(63)37(60)34(57)29(17-53)69-46)41(64)42(30(18-54)70-47)71-45-39(62)35(58)32(55)21(2)66-45/h6,20-21,23-47,52-64H,7-19H2,1-5H3. The summed E-state index contributed by atoms with van der Waals surface area (Å²) in [4.78, 5) is 0. The highest BCUT2D eigenvalue weighted by Crippen LogP contribution is 2.71. The van der Waals surface area contributed by atoms with Crippen molar-refractivity contribution in [1.29, 1.82) is 0 Å². The van der Waals surface area contributed by atoms with Crippen LogP contribution in [0.5, 0.6) is 0 Å². The number of allylic oxidation sites excluding steroid dienone is 1. The van der Waals surface area contributed by atoms with Crippen molar-refractivity contribution in [2.24, 2.45) is 40.4 Å². The number of hydrogen-bond donors (Lipinski definition) is 13. The van der Waals surface area contributed by atoms with E-state index in [1.54, 1.807) is 0 Å². The van der Waals surface area contributed by atoms with Crippen LogP contribution in [0, 0.1) is 40.4 Å². The van der Waals surface area contributed by atoms with Gasteiger partial charge in [0.1, 0.15) is 91.6 Å². The van der Waals surface area contributed by atoms with E-state index in [9.17, 15) is 66.4 Å². The monoisotopic (exact) mass is 1060 g/mol. The molecule has 13 N–H and O–H groups in total. The highest BCUT2D eigenvalue weighted by Gasteiger charge is 2.70. The first-order valence-corrected chi connectivity index (χ1v) is 26.9. The Labute approximate surface area is 430 Å². The third-order valence-corrected chi connectivity index (χ3v) is 19.9. The molecule has 31 unspecified atom stereocenters. The topological polar surface area (TPSA) is 355 Å². The summed E-state index contributed by atoms with van der Waals surface area (Å²) in [6, 6.07) is 0. The molecular formula is C51H82O23. The fourth-order valence-electron chi connectivity index (χ4n) is 15.6. The molecule has 74 heavy (non-hydrogen) atoms. The molecule has 424 valence electrons. The van der Waals surface area contributed by atoms with Crippen LogP contribution in [0.3, 0.4) is 0 Å². The number of rotatable bonds is 12. The van der Waals surface area contributed by atoms with Gasteiger partial charge in [0.05, 0.1) is 50.3 Å². The molecule has 0 radical (unpaired) electrons. The van der Waals surface area contributed by atoms with Gasteiger partial charge in [0.2, 0.25) is 0 Å². The molecule has 0 aromatic carbocycles. The van der Waals surface area contributed by atoms with E-state index in [0.29, 0.717) is 43.4 Å². The van der Waals surface area contributed by atoms with E-state index in [0.717, 1.165) is 32.1 Å². The molecular weight excluding hydrogens is 981 g/mol. The van der Waals surface area contributed by atoms with Crippen molar-refractivity contribution in [2.45, 2.75) is 239 Å². The average molecular weight is 1060 g/mol. The van der Waals surface area contributed by atoms with Crippen molar-refractivity contribution in [3.05, 3.63) is 11.6 Å². The Morgan fingerprint density at radius 3 is 1.84 bits per heavy atom. The van der Waals surface area contributed by atoms with Crippen LogP contribution >= 0.6 is 0 Å². The maximum Gasteiger partial charge on any atom is 0.187 e. The predicted molar refractivity (Wildman–Crippen MR) is 248 cm³/mol. The van der Waals surface area contributed by atoms with Gasteiger partial charge in [0.25, 0.3) is 0 Å². The molecule has 23 nitrogen and oxygen atoms in total. The number of aliphatic hydroxyl groups excluding tert-OH is 13. The van der Waals surface area contributed by atoms with Crippen LogP contribution in [0.4, 0.5) is 0 Å². The Bertz CT molecular complexity index is 1980. The first-order chi connectivity index (χ1) is 35.0. The second kappa shape index (κ2) is 21.0. The largest absolute Gasteiger partial charge is 0.394 e. The SMILES string of the molecule is CC1OC(OC2C(CO)OC(OC3CCC4(C)C(=CCC5C4CCC4(C)C5CC5OC6(CCC(C)(COC7OC(CO)C(O)C(O)C7O)O6)C(C)C54)C3)C(OC3OC(CO)C(O)C(O)C3O)C2O)C(O)C(O)C1O. The van der Waals surface area contributed by atoms with Crippen molar-refractivity contribution >= 4 is 0 Å². The molecule has 9 fully saturated rings. The lowest BCUT2D eigenvalue weighted by molar-refractivity contribution is -0.390. The Balaban J connectivity index is 0.813. The summed E-state index contributed by atoms with van der Waals surface area (Å²) in [5.41, 5.74) is 0.321. The zero-order valence-electron chi connectivity index (χ0n) is 42.8. The lowest BCUT2D eigenvalue weighted by Crippen LogP contribution is -2.67. The highest BCUT2D eigenvalue weighted by atomic mass is 16.8. The normalized spacial score (nSPS) is 57.4. The molecule has 4 aliphatic carbocycles. The van der Waals surface area contributed by atoms with Gasteiger partial charge in [-0.15, -0.1) is 0 Å². The van der Waals surface area contributed by atoms with Crippen molar-refractivity contribution in [3.63, 3.8) is 0 Å². The fourth-order valence-corrected chi connectivity index (χ4v) is 15.6. The molecule has 0 amide bonds. The van der Waals surface area contributed by atoms with Gasteiger partial charge in [-0.1, -0.05) is 32.4 Å². The van der Waals surface area contributed by atoms with Crippen LogP contribution in [0.2, 0.25) is 0 Å². The van der Waals surface area contributed by atoms with Crippen molar-refractivity contribution < 1.29 is 114 Å². The molecule has 6 aliphatic heterocycles. The van der Waals surface area contributed by atoms with E-state index in [4.69, 9.17) is 47.4 Å². The summed E-state index contributed by atoms with van der Waals surface area (Å²) >= 11 is 0. The maximum absolute atomic E-state index is 12.1. The number of ether oxygens (including phenoxy) is 10. The number of fused-ring (bicyclic) bond motifs is 7. The predicted octanol–water partition coefficient (Wildman–Crippen LogP) is -2.85. The summed E-state index contributed by atoms with van der Waals surface area (Å²) in [5.74, 6) is 0.713. The van der Waals surface area contributed by atoms with E-state index in [1.165, 1.54) is 12.5 Å². The van der Waals surface area contributed by atoms with Gasteiger partial charge in [-0.05, 0) is 99.7 Å². The van der Waals surface area contributed by atoms with Gasteiger partial charge in [0, 0.05) is 12.3 Å². The number of hydrogen-bond acceptors (Lipinski definition) is 23. The molecule has 0 bridgehead atoms. The van der Waals surface area contributed by atoms with Gasteiger partial charge in [-0.3, -0.25) is 0 Å². The van der Waals surface area contributed by atoms with Gasteiger partial charge < -0.3 is 114 Å². The average Bonchev–Trinajstić information content (AvgIpc) is 4.03. The lowest BCUT2D eigenvalue weighted by Gasteiger charge is -2.58. The minimum atomic E-state index is -1.85. The summed E-state index contributed by atoms with van der Waals surface area (Å²) in [6.07, 6.45) is -21.5. The van der Waals surface area contributed by atoms with Crippen LogP contribution in [-0.4, -0.2) is 239 Å². The maximum atomic E-state index is 12.1. The van der Waals surface area contributed by atoms with E-state index < -0.39 is 160 Å². The molecule has 1 spiro atoms. The molecule has 6 saturated heterocycles. The van der Waals surface area contributed by atoms with E-state index in [1.807, 2.05) is 6.92 Å². The molecule has 10 aliphatic rings. The van der Waals surface area contributed by atoms with Gasteiger partial charge in [-0.2, -0.15) is 0 Å². The molecule has 3 saturated carbocycles. The second-order valence-electron chi connectivity index (χ2n) is 24.2. The van der Waals surface area contributed by atoms with Crippen LogP contribution in [0.1, 0.15) is 92.4 Å². The van der Waals surface area contributed by atoms with Gasteiger partial charge in [-0.25, -0.2) is 0 Å². The van der Waals surface area contributed by atoms with Crippen LogP contribution < -0.4 is 0 Å². The zero-order chi connectivity index (χ0) is 53.1. The van der Waals surface area contributed by atoms with Gasteiger partial charge >= 0.3 is 0 Å². The lowest BCUT2D eigenvalue weighted by atomic mass is 9.47. The quantitative estimate of drug-likeness (QED) is 0.0875. The minimum Gasteiger partial charge on any atom is -0.394 e. The van der Waals surface area contributed by atoms with Crippen LogP contribution in [0.15, 0.2) is 11.6 Å². The van der Waals surface area contributed by atoms with Crippen molar-refractivity contribution in [2.75, 3.05) is 26.4 Å². The first kappa shape index (κ1) is 56.1. The zero-order valence-corrected chi connectivity index (χ0v) is 42.8. The highest BCUT2D eigenvalue weighted by molar-refractivity contribution is 5.27. The molecule has 0 aromatic heterocycles. The Kier molecular flexibility index (Phi) is 16.0. The third kappa shape index (κ3) is 9.38. The molecule has 10 rings (SSSR count). The van der Waals surface area contributed by atoms with E-state index >= 15 is 0 Å². The second-order valence-corrected chi connectivity index (χ2v) is 24.2. The fraction of sp³-hybridized carbons (Fsp3) is 0.961. The Hall–Kier alpha value is -1.18. The smallest absolute Gasteiger partial charge is 0.187 e. The molecule has 23 heteroatoms. The Morgan fingerprint density at radius 1 is 0.581 bits per heavy atom. The van der Waals surface area contributed by atoms with Crippen molar-refractivity contribution in [1.82, 2.24) is 0 Å². The number of aliphatic hydroxyl groups is 13. The van der Waals surface area contributed by atoms with Crippen LogP contribution in [-0.2, 0) is 47.4 Å². The van der Waals surface area contributed by atoms with Gasteiger partial charge in [0.15, 0.2) is 30.9 Å². The van der Waals surface area contributed by atoms with E-state index in [-0.39, 0.29) is 35.4 Å².